The summed E-state index contributed by atoms with van der Waals surface area (Å²) in [6.45, 7) is 0. The van der Waals surface area contributed by atoms with Crippen LogP contribution in [0.25, 0.3) is 11.1 Å². The molecule has 0 radical (unpaired) electrons. The quantitative estimate of drug-likeness (QED) is 0.578. The predicted molar refractivity (Wildman–Crippen MR) is 87.2 cm³/mol. The van der Waals surface area contributed by atoms with E-state index < -0.39 is 0 Å². The van der Waals surface area contributed by atoms with Crippen LogP contribution in [0.2, 0.25) is 0 Å². The van der Waals surface area contributed by atoms with Crippen molar-refractivity contribution in [3.8, 4) is 11.1 Å². The van der Waals surface area contributed by atoms with E-state index in [0.29, 0.717) is 0 Å². The van der Waals surface area contributed by atoms with Crippen LogP contribution in [0, 0.1) is 0 Å². The molecule has 1 aliphatic rings. The van der Waals surface area contributed by atoms with Crippen LogP contribution in [0.5, 0.6) is 0 Å². The summed E-state index contributed by atoms with van der Waals surface area (Å²) < 4.78 is 0. The Kier molecular flexibility index (Phi) is 2.87. The number of benzene rings is 3. The highest BCUT2D eigenvalue weighted by Gasteiger charge is 2.19. The average Bonchev–Trinajstić information content (AvgIpc) is 2.93. The third kappa shape index (κ3) is 2.07. The Bertz CT molecular complexity index is 790. The maximum absolute atomic E-state index is 6.43. The van der Waals surface area contributed by atoms with E-state index in [0.717, 1.165) is 12.0 Å². The van der Waals surface area contributed by atoms with Crippen molar-refractivity contribution in [2.75, 3.05) is 0 Å². The second-order valence-corrected chi connectivity index (χ2v) is 5.64. The van der Waals surface area contributed by atoms with Crippen LogP contribution in [0.15, 0.2) is 72.8 Å². The van der Waals surface area contributed by atoms with Crippen molar-refractivity contribution >= 4 is 0 Å². The molecule has 0 aromatic heterocycles. The molecule has 0 fully saturated rings. The second-order valence-electron chi connectivity index (χ2n) is 5.64. The van der Waals surface area contributed by atoms with Gasteiger partial charge in [0.05, 0.1) is 6.04 Å². The number of hydrogen-bond acceptors (Lipinski definition) is 1. The minimum absolute atomic E-state index is 0.0655. The molecule has 0 heterocycles. The summed E-state index contributed by atoms with van der Waals surface area (Å²) in [7, 11) is 0. The minimum atomic E-state index is -0.0655. The van der Waals surface area contributed by atoms with Crippen LogP contribution in [-0.2, 0) is 6.42 Å². The molecule has 102 valence electrons. The third-order valence-corrected chi connectivity index (χ3v) is 4.34. The fourth-order valence-electron chi connectivity index (χ4n) is 3.19. The van der Waals surface area contributed by atoms with E-state index in [4.69, 9.17) is 5.73 Å². The lowest BCUT2D eigenvalue weighted by Gasteiger charge is -2.14. The maximum atomic E-state index is 6.43. The highest BCUT2D eigenvalue weighted by atomic mass is 14.6. The lowest BCUT2D eigenvalue weighted by molar-refractivity contribution is 0.871. The molecule has 1 atom stereocenters. The summed E-state index contributed by atoms with van der Waals surface area (Å²) in [5.41, 5.74) is 14.3. The SMILES string of the molecule is NC(c1ccccc1)c1ccc2c(c1)-c1ccccc1C2. The molecule has 0 saturated heterocycles. The molecular formula is C20H17N. The molecule has 0 bridgehead atoms. The van der Waals surface area contributed by atoms with Gasteiger partial charge in [-0.25, -0.2) is 0 Å². The molecule has 2 N–H and O–H groups in total. The van der Waals surface area contributed by atoms with Gasteiger partial charge in [-0.05, 0) is 45.9 Å². The molecule has 3 aromatic carbocycles. The number of nitrogens with two attached hydrogens (primary N) is 1. The van der Waals surface area contributed by atoms with Gasteiger partial charge in [-0.15, -0.1) is 0 Å². The zero-order chi connectivity index (χ0) is 14.2. The van der Waals surface area contributed by atoms with Crippen LogP contribution in [0.3, 0.4) is 0 Å². The van der Waals surface area contributed by atoms with Crippen molar-refractivity contribution in [1.82, 2.24) is 0 Å². The van der Waals surface area contributed by atoms with Crippen molar-refractivity contribution < 1.29 is 0 Å². The molecule has 1 nitrogen and oxygen atoms in total. The van der Waals surface area contributed by atoms with E-state index in [9.17, 15) is 0 Å². The summed E-state index contributed by atoms with van der Waals surface area (Å²) in [6, 6.07) is 25.5. The first kappa shape index (κ1) is 12.4. The Hall–Kier alpha value is -2.38. The first-order chi connectivity index (χ1) is 10.3. The van der Waals surface area contributed by atoms with E-state index >= 15 is 0 Å². The standard InChI is InChI=1S/C20H17N/c21-20(14-6-2-1-3-7-14)17-11-10-16-12-15-8-4-5-9-18(15)19(16)13-17/h1-11,13,20H,12,21H2. The minimum Gasteiger partial charge on any atom is -0.320 e. The molecule has 0 amide bonds. The number of hydrogen-bond donors (Lipinski definition) is 1. The molecule has 0 aliphatic heterocycles. The average molecular weight is 271 g/mol. The molecule has 1 heteroatoms. The van der Waals surface area contributed by atoms with Crippen molar-refractivity contribution in [3.05, 3.63) is 95.1 Å². The normalized spacial score (nSPS) is 13.6. The zero-order valence-corrected chi connectivity index (χ0v) is 11.8. The van der Waals surface area contributed by atoms with Gasteiger partial charge in [-0.2, -0.15) is 0 Å². The zero-order valence-electron chi connectivity index (χ0n) is 11.8. The molecule has 0 saturated carbocycles. The number of rotatable bonds is 2. The van der Waals surface area contributed by atoms with E-state index in [1.54, 1.807) is 0 Å². The smallest absolute Gasteiger partial charge is 0.0551 e. The van der Waals surface area contributed by atoms with Gasteiger partial charge >= 0.3 is 0 Å². The van der Waals surface area contributed by atoms with Gasteiger partial charge < -0.3 is 5.73 Å². The lowest BCUT2D eigenvalue weighted by atomic mass is 9.95. The summed E-state index contributed by atoms with van der Waals surface area (Å²) in [6.07, 6.45) is 1.03. The molecule has 4 rings (SSSR count). The van der Waals surface area contributed by atoms with Gasteiger partial charge in [0.1, 0.15) is 0 Å². The Morgan fingerprint density at radius 3 is 2.24 bits per heavy atom. The van der Waals surface area contributed by atoms with E-state index in [1.807, 2.05) is 18.2 Å². The van der Waals surface area contributed by atoms with Gasteiger partial charge in [0, 0.05) is 0 Å². The van der Waals surface area contributed by atoms with Crippen LogP contribution >= 0.6 is 0 Å². The first-order valence-corrected chi connectivity index (χ1v) is 7.34. The number of fused-ring (bicyclic) bond motifs is 3. The molecular weight excluding hydrogens is 254 g/mol. The fraction of sp³-hybridized carbons (Fsp3) is 0.100. The van der Waals surface area contributed by atoms with E-state index in [2.05, 4.69) is 54.6 Å². The van der Waals surface area contributed by atoms with Crippen LogP contribution in [0.4, 0.5) is 0 Å². The Morgan fingerprint density at radius 1 is 0.667 bits per heavy atom. The monoisotopic (exact) mass is 271 g/mol. The van der Waals surface area contributed by atoms with Crippen molar-refractivity contribution in [2.24, 2.45) is 5.73 Å². The van der Waals surface area contributed by atoms with Gasteiger partial charge in [0.25, 0.3) is 0 Å². The predicted octanol–water partition coefficient (Wildman–Crippen LogP) is 4.31. The molecule has 0 spiro atoms. The van der Waals surface area contributed by atoms with Crippen LogP contribution < -0.4 is 5.73 Å². The third-order valence-electron chi connectivity index (χ3n) is 4.34. The molecule has 1 unspecified atom stereocenters. The van der Waals surface area contributed by atoms with Gasteiger partial charge in [-0.1, -0.05) is 66.7 Å². The summed E-state index contributed by atoms with van der Waals surface area (Å²) in [4.78, 5) is 0. The highest BCUT2D eigenvalue weighted by Crippen LogP contribution is 2.38. The van der Waals surface area contributed by atoms with E-state index in [-0.39, 0.29) is 6.04 Å². The van der Waals surface area contributed by atoms with Crippen LogP contribution in [0.1, 0.15) is 28.3 Å². The largest absolute Gasteiger partial charge is 0.320 e. The lowest BCUT2D eigenvalue weighted by Crippen LogP contribution is -2.11. The summed E-state index contributed by atoms with van der Waals surface area (Å²) in [5.74, 6) is 0. The molecule has 21 heavy (non-hydrogen) atoms. The second kappa shape index (κ2) is 4.87. The fourth-order valence-corrected chi connectivity index (χ4v) is 3.19. The van der Waals surface area contributed by atoms with Crippen LogP contribution in [-0.4, -0.2) is 0 Å². The molecule has 1 aliphatic carbocycles. The van der Waals surface area contributed by atoms with Gasteiger partial charge in [0.15, 0.2) is 0 Å². The highest BCUT2D eigenvalue weighted by molar-refractivity contribution is 5.77. The van der Waals surface area contributed by atoms with Gasteiger partial charge in [-0.3, -0.25) is 0 Å². The maximum Gasteiger partial charge on any atom is 0.0551 e. The summed E-state index contributed by atoms with van der Waals surface area (Å²) >= 11 is 0. The summed E-state index contributed by atoms with van der Waals surface area (Å²) in [5, 5.41) is 0. The van der Waals surface area contributed by atoms with Gasteiger partial charge in [0.2, 0.25) is 0 Å². The first-order valence-electron chi connectivity index (χ1n) is 7.34. The molecule has 3 aromatic rings. The van der Waals surface area contributed by atoms with E-state index in [1.165, 1.54) is 27.8 Å². The topological polar surface area (TPSA) is 26.0 Å². The van der Waals surface area contributed by atoms with Crippen molar-refractivity contribution in [2.45, 2.75) is 12.5 Å². The Labute approximate surface area is 125 Å². The van der Waals surface area contributed by atoms with Crippen molar-refractivity contribution in [3.63, 3.8) is 0 Å². The Morgan fingerprint density at radius 2 is 1.38 bits per heavy atom. The Balaban J connectivity index is 1.78. The van der Waals surface area contributed by atoms with Crippen molar-refractivity contribution in [1.29, 1.82) is 0 Å².